The van der Waals surface area contributed by atoms with Gasteiger partial charge in [-0.05, 0) is 44.0 Å². The fourth-order valence-corrected chi connectivity index (χ4v) is 1.75. The minimum absolute atomic E-state index is 0.197. The molecule has 0 aliphatic heterocycles. The third-order valence-corrected chi connectivity index (χ3v) is 3.17. The van der Waals surface area contributed by atoms with E-state index < -0.39 is 5.41 Å². The molecular weight excluding hydrogens is 259 g/mol. The number of benzene rings is 1. The minimum Gasteiger partial charge on any atom is -0.460 e. The third-order valence-electron chi connectivity index (χ3n) is 2.73. The molecule has 1 rings (SSSR count). The van der Waals surface area contributed by atoms with Gasteiger partial charge in [0.15, 0.2) is 0 Å². The van der Waals surface area contributed by atoms with Crippen molar-refractivity contribution in [2.24, 2.45) is 5.41 Å². The van der Waals surface area contributed by atoms with Gasteiger partial charge in [0.05, 0.1) is 5.41 Å². The maximum absolute atomic E-state index is 11.8. The van der Waals surface area contributed by atoms with Crippen LogP contribution in [0.1, 0.15) is 32.8 Å². The van der Waals surface area contributed by atoms with E-state index >= 15 is 0 Å². The van der Waals surface area contributed by atoms with E-state index in [2.05, 4.69) is 0 Å². The molecule has 0 N–H and O–H groups in total. The zero-order valence-corrected chi connectivity index (χ0v) is 11.7. The van der Waals surface area contributed by atoms with Crippen molar-refractivity contribution in [1.29, 1.82) is 0 Å². The second-order valence-corrected chi connectivity index (χ2v) is 5.46. The zero-order valence-electron chi connectivity index (χ0n) is 10.2. The normalized spacial score (nSPS) is 11.4. The lowest BCUT2D eigenvalue weighted by atomic mass is 9.91. The highest BCUT2D eigenvalue weighted by molar-refractivity contribution is 6.34. The molecule has 0 saturated carbocycles. The van der Waals surface area contributed by atoms with Gasteiger partial charge in [-0.25, -0.2) is 0 Å². The lowest BCUT2D eigenvalue weighted by Gasteiger charge is -2.20. The fraction of sp³-hybridized carbons (Fsp3) is 0.462. The van der Waals surface area contributed by atoms with Crippen LogP contribution >= 0.6 is 23.2 Å². The summed E-state index contributed by atoms with van der Waals surface area (Å²) in [6.45, 7) is 5.88. The Kier molecular flexibility index (Phi) is 4.84. The lowest BCUT2D eigenvalue weighted by molar-refractivity contribution is -0.155. The van der Waals surface area contributed by atoms with Crippen LogP contribution in [0.3, 0.4) is 0 Å². The van der Waals surface area contributed by atoms with E-state index in [0.29, 0.717) is 10.0 Å². The van der Waals surface area contributed by atoms with Gasteiger partial charge in [0.1, 0.15) is 6.61 Å². The van der Waals surface area contributed by atoms with E-state index in [9.17, 15) is 4.79 Å². The highest BCUT2D eigenvalue weighted by Crippen LogP contribution is 2.23. The van der Waals surface area contributed by atoms with Gasteiger partial charge in [-0.3, -0.25) is 4.79 Å². The molecule has 0 aliphatic carbocycles. The van der Waals surface area contributed by atoms with E-state index in [-0.39, 0.29) is 12.6 Å². The van der Waals surface area contributed by atoms with Crippen LogP contribution in [-0.4, -0.2) is 5.97 Å². The van der Waals surface area contributed by atoms with Gasteiger partial charge in [-0.2, -0.15) is 0 Å². The van der Waals surface area contributed by atoms with Crippen molar-refractivity contribution in [3.8, 4) is 0 Å². The SMILES string of the molecule is CCC(C)(C)C(=O)OCc1cc(Cl)cc(Cl)c1. The summed E-state index contributed by atoms with van der Waals surface area (Å²) in [5, 5.41) is 1.08. The predicted octanol–water partition coefficient (Wildman–Crippen LogP) is 4.47. The number of hydrogen-bond acceptors (Lipinski definition) is 2. The number of ether oxygens (including phenoxy) is 1. The molecule has 0 atom stereocenters. The van der Waals surface area contributed by atoms with Crippen molar-refractivity contribution < 1.29 is 9.53 Å². The van der Waals surface area contributed by atoms with Gasteiger partial charge in [-0.1, -0.05) is 30.1 Å². The van der Waals surface area contributed by atoms with Gasteiger partial charge in [0, 0.05) is 10.0 Å². The Hall–Kier alpha value is -0.730. The Balaban J connectivity index is 2.65. The Morgan fingerprint density at radius 1 is 1.24 bits per heavy atom. The summed E-state index contributed by atoms with van der Waals surface area (Å²) in [4.78, 5) is 11.8. The first kappa shape index (κ1) is 14.3. The molecule has 0 radical (unpaired) electrons. The highest BCUT2D eigenvalue weighted by Gasteiger charge is 2.26. The average Bonchev–Trinajstić information content (AvgIpc) is 2.24. The van der Waals surface area contributed by atoms with Crippen LogP contribution in [0, 0.1) is 5.41 Å². The maximum atomic E-state index is 11.8. The van der Waals surface area contributed by atoms with E-state index in [1.54, 1.807) is 18.2 Å². The number of esters is 1. The first-order chi connectivity index (χ1) is 7.85. The van der Waals surface area contributed by atoms with Crippen LogP contribution in [0.25, 0.3) is 0 Å². The summed E-state index contributed by atoms with van der Waals surface area (Å²) in [6.07, 6.45) is 0.738. The quantitative estimate of drug-likeness (QED) is 0.757. The van der Waals surface area contributed by atoms with E-state index in [1.165, 1.54) is 0 Å². The molecule has 94 valence electrons. The van der Waals surface area contributed by atoms with Crippen LogP contribution in [0.2, 0.25) is 10.0 Å². The molecule has 17 heavy (non-hydrogen) atoms. The van der Waals surface area contributed by atoms with Gasteiger partial charge < -0.3 is 4.74 Å². The largest absolute Gasteiger partial charge is 0.460 e. The number of carbonyl (C=O) groups is 1. The van der Waals surface area contributed by atoms with Crippen molar-refractivity contribution in [2.45, 2.75) is 33.8 Å². The van der Waals surface area contributed by atoms with Crippen molar-refractivity contribution >= 4 is 29.2 Å². The molecule has 0 aliphatic rings. The van der Waals surface area contributed by atoms with Gasteiger partial charge >= 0.3 is 5.97 Å². The van der Waals surface area contributed by atoms with E-state index in [0.717, 1.165) is 12.0 Å². The van der Waals surface area contributed by atoms with E-state index in [1.807, 2.05) is 20.8 Å². The van der Waals surface area contributed by atoms with E-state index in [4.69, 9.17) is 27.9 Å². The second-order valence-electron chi connectivity index (χ2n) is 4.59. The number of carbonyl (C=O) groups excluding carboxylic acids is 1. The number of hydrogen-bond donors (Lipinski definition) is 0. The molecule has 0 bridgehead atoms. The van der Waals surface area contributed by atoms with Crippen molar-refractivity contribution in [2.75, 3.05) is 0 Å². The zero-order chi connectivity index (χ0) is 13.1. The predicted molar refractivity (Wildman–Crippen MR) is 70.3 cm³/mol. The molecule has 0 saturated heterocycles. The van der Waals surface area contributed by atoms with Crippen LogP contribution < -0.4 is 0 Å². The number of halogens is 2. The van der Waals surface area contributed by atoms with Crippen molar-refractivity contribution in [1.82, 2.24) is 0 Å². The second kappa shape index (κ2) is 5.74. The van der Waals surface area contributed by atoms with Crippen molar-refractivity contribution in [3.05, 3.63) is 33.8 Å². The lowest BCUT2D eigenvalue weighted by Crippen LogP contribution is -2.25. The summed E-state index contributed by atoms with van der Waals surface area (Å²) >= 11 is 11.7. The molecule has 0 amide bonds. The molecule has 0 fully saturated rings. The first-order valence-corrected chi connectivity index (χ1v) is 6.23. The molecule has 4 heteroatoms. The Morgan fingerprint density at radius 2 is 1.76 bits per heavy atom. The van der Waals surface area contributed by atoms with Crippen LogP contribution in [0.5, 0.6) is 0 Å². The maximum Gasteiger partial charge on any atom is 0.311 e. The summed E-state index contributed by atoms with van der Waals surface area (Å²) in [6, 6.07) is 5.11. The summed E-state index contributed by atoms with van der Waals surface area (Å²) in [5.41, 5.74) is 0.338. The van der Waals surface area contributed by atoms with Gasteiger partial charge in [0.25, 0.3) is 0 Å². The molecule has 1 aromatic carbocycles. The summed E-state index contributed by atoms with van der Waals surface area (Å²) in [7, 11) is 0. The fourth-order valence-electron chi connectivity index (χ4n) is 1.18. The standard InChI is InChI=1S/C13H16Cl2O2/c1-4-13(2,3)12(16)17-8-9-5-10(14)7-11(15)6-9/h5-7H,4,8H2,1-3H3. The molecule has 0 unspecified atom stereocenters. The molecule has 0 aromatic heterocycles. The first-order valence-electron chi connectivity index (χ1n) is 5.47. The Morgan fingerprint density at radius 3 is 2.24 bits per heavy atom. The monoisotopic (exact) mass is 274 g/mol. The molecule has 2 nitrogen and oxygen atoms in total. The molecular formula is C13H16Cl2O2. The molecule has 0 spiro atoms. The number of rotatable bonds is 4. The van der Waals surface area contributed by atoms with Crippen LogP contribution in [0.4, 0.5) is 0 Å². The van der Waals surface area contributed by atoms with Gasteiger partial charge in [0.2, 0.25) is 0 Å². The summed E-state index contributed by atoms with van der Waals surface area (Å²) in [5.74, 6) is -0.212. The van der Waals surface area contributed by atoms with Crippen LogP contribution in [-0.2, 0) is 16.1 Å². The molecule has 1 aromatic rings. The minimum atomic E-state index is -0.456. The topological polar surface area (TPSA) is 26.3 Å². The smallest absolute Gasteiger partial charge is 0.311 e. The summed E-state index contributed by atoms with van der Waals surface area (Å²) < 4.78 is 5.24. The Bertz CT molecular complexity index is 394. The van der Waals surface area contributed by atoms with Crippen LogP contribution in [0.15, 0.2) is 18.2 Å². The van der Waals surface area contributed by atoms with Gasteiger partial charge in [-0.15, -0.1) is 0 Å². The van der Waals surface area contributed by atoms with Crippen molar-refractivity contribution in [3.63, 3.8) is 0 Å². The highest BCUT2D eigenvalue weighted by atomic mass is 35.5. The Labute approximate surface area is 112 Å². The third kappa shape index (κ3) is 4.21. The average molecular weight is 275 g/mol. The molecule has 0 heterocycles.